The van der Waals surface area contributed by atoms with Gasteiger partial charge in [0, 0.05) is 4.97 Å². The van der Waals surface area contributed by atoms with Gasteiger partial charge in [-0.1, -0.05) is 0 Å². The zero-order valence-corrected chi connectivity index (χ0v) is 7.60. The fourth-order valence-electron chi connectivity index (χ4n) is 0.624. The maximum absolute atomic E-state index is 10.2. The van der Waals surface area contributed by atoms with Gasteiger partial charge < -0.3 is 15.5 Å². The zero-order valence-electron chi connectivity index (χ0n) is 5.60. The molecule has 1 N–H and O–H groups in total. The van der Waals surface area contributed by atoms with E-state index in [0.717, 1.165) is 5.01 Å². The minimum Gasteiger partial charge on any atom is -0.737 e. The van der Waals surface area contributed by atoms with Crippen LogP contribution in [0.3, 0.4) is 0 Å². The largest absolute Gasteiger partial charge is 1.00 e. The molecule has 1 aliphatic rings. The predicted molar refractivity (Wildman–Crippen MR) is 27.0 cm³/mol. The van der Waals surface area contributed by atoms with Crippen molar-refractivity contribution in [2.45, 2.75) is 6.10 Å². The van der Waals surface area contributed by atoms with Crippen LogP contribution in [-0.4, -0.2) is 34.3 Å². The van der Waals surface area contributed by atoms with Crippen LogP contribution in [0, 0.1) is 10.4 Å². The van der Waals surface area contributed by atoms with Crippen LogP contribution in [-0.2, 0) is 0 Å². The molecule has 0 radical (unpaired) electrons. The minimum absolute atomic E-state index is 0. The average molecular weight is 155 g/mol. The Morgan fingerprint density at radius 2 is 2.10 bits per heavy atom. The van der Waals surface area contributed by atoms with Gasteiger partial charge in [0.1, 0.15) is 19.2 Å². The first-order chi connectivity index (χ1) is 4.24. The first kappa shape index (κ1) is 9.96. The summed E-state index contributed by atoms with van der Waals surface area (Å²) in [5.41, 5.74) is 0. The van der Waals surface area contributed by atoms with Crippen LogP contribution < -0.4 is 29.6 Å². The fourth-order valence-corrected chi connectivity index (χ4v) is 0.624. The molecule has 1 rings (SSSR count). The third-order valence-electron chi connectivity index (χ3n) is 1.15. The first-order valence-corrected chi connectivity index (χ1v) is 2.47. The number of hydrazine groups is 1. The maximum atomic E-state index is 10.2. The van der Waals surface area contributed by atoms with Crippen LogP contribution in [0.4, 0.5) is 0 Å². The SMILES string of the molecule is [Na+].[O-]/N=[N+](\[O-])N1CC(O)C1. The number of hydrogen-bond donors (Lipinski definition) is 1. The Labute approximate surface area is 79.6 Å². The molecule has 1 heterocycles. The second-order valence-electron chi connectivity index (χ2n) is 1.86. The van der Waals surface area contributed by atoms with Crippen molar-refractivity contribution in [3.63, 3.8) is 0 Å². The van der Waals surface area contributed by atoms with Crippen LogP contribution >= 0.6 is 0 Å². The number of aliphatic hydroxyl groups is 1. The molecule has 1 fully saturated rings. The second kappa shape index (κ2) is 3.97. The predicted octanol–water partition coefficient (Wildman–Crippen LogP) is -3.96. The van der Waals surface area contributed by atoms with Crippen LogP contribution in [0.5, 0.6) is 0 Å². The number of nitrogens with zero attached hydrogens (tertiary/aromatic N) is 3. The first-order valence-electron chi connectivity index (χ1n) is 2.47. The topological polar surface area (TPSA) is 85.0 Å². The molecule has 0 bridgehead atoms. The number of β-amino-alcohol motifs (C(OH)–C–C–N with tert-alkyl or cyclic N) is 1. The van der Waals surface area contributed by atoms with Crippen LogP contribution in [0.1, 0.15) is 0 Å². The van der Waals surface area contributed by atoms with Gasteiger partial charge in [-0.2, -0.15) is 0 Å². The summed E-state index contributed by atoms with van der Waals surface area (Å²) in [4.78, 5) is -0.0628. The average Bonchev–Trinajstić information content (AvgIpc) is 1.79. The molecule has 0 aromatic heterocycles. The monoisotopic (exact) mass is 155 g/mol. The molecule has 7 heteroatoms. The normalized spacial score (nSPS) is 19.7. The Kier molecular flexibility index (Phi) is 3.95. The Hall–Kier alpha value is -0.0400. The van der Waals surface area contributed by atoms with Crippen molar-refractivity contribution in [1.82, 2.24) is 5.01 Å². The summed E-state index contributed by atoms with van der Waals surface area (Å²) in [5.74, 6) is 0. The van der Waals surface area contributed by atoms with Gasteiger partial charge in [-0.25, -0.2) is 0 Å². The molecule has 0 saturated carbocycles. The minimum atomic E-state index is -0.483. The van der Waals surface area contributed by atoms with E-state index in [1.165, 1.54) is 0 Å². The Morgan fingerprint density at radius 3 is 2.40 bits per heavy atom. The van der Waals surface area contributed by atoms with Gasteiger partial charge >= 0.3 is 29.6 Å². The molecule has 0 atom stereocenters. The van der Waals surface area contributed by atoms with Gasteiger partial charge in [0.05, 0.1) is 0 Å². The van der Waals surface area contributed by atoms with Crippen molar-refractivity contribution in [1.29, 1.82) is 0 Å². The molecule has 0 amide bonds. The van der Waals surface area contributed by atoms with E-state index < -0.39 is 6.10 Å². The molecule has 0 unspecified atom stereocenters. The molecule has 1 saturated heterocycles. The maximum Gasteiger partial charge on any atom is 1.00 e. The van der Waals surface area contributed by atoms with E-state index in [9.17, 15) is 10.4 Å². The van der Waals surface area contributed by atoms with E-state index in [1.54, 1.807) is 0 Å². The van der Waals surface area contributed by atoms with Crippen molar-refractivity contribution in [3.05, 3.63) is 10.4 Å². The second-order valence-corrected chi connectivity index (χ2v) is 1.86. The summed E-state index contributed by atoms with van der Waals surface area (Å²) in [6.07, 6.45) is -0.483. The molecule has 0 aromatic carbocycles. The molecule has 0 aliphatic carbocycles. The van der Waals surface area contributed by atoms with Crippen LogP contribution in [0.2, 0.25) is 0 Å². The smallest absolute Gasteiger partial charge is 0.737 e. The van der Waals surface area contributed by atoms with E-state index in [2.05, 4.69) is 5.28 Å². The molecule has 0 spiro atoms. The third-order valence-corrected chi connectivity index (χ3v) is 1.15. The molecule has 52 valence electrons. The Balaban J connectivity index is 0.000000810. The summed E-state index contributed by atoms with van der Waals surface area (Å²) >= 11 is 0. The number of rotatable bonds is 1. The third kappa shape index (κ3) is 1.98. The van der Waals surface area contributed by atoms with Crippen molar-refractivity contribution in [2.24, 2.45) is 5.28 Å². The van der Waals surface area contributed by atoms with Crippen LogP contribution in [0.25, 0.3) is 0 Å². The molecular formula is C3H6N3NaO3. The van der Waals surface area contributed by atoms with Gasteiger partial charge in [0.15, 0.2) is 0 Å². The molecule has 10 heavy (non-hydrogen) atoms. The summed E-state index contributed by atoms with van der Waals surface area (Å²) in [6.45, 7) is 0.407. The van der Waals surface area contributed by atoms with Crippen molar-refractivity contribution in [2.75, 3.05) is 13.1 Å². The Morgan fingerprint density at radius 1 is 1.60 bits per heavy atom. The van der Waals surface area contributed by atoms with E-state index >= 15 is 0 Å². The van der Waals surface area contributed by atoms with E-state index in [1.807, 2.05) is 0 Å². The van der Waals surface area contributed by atoms with E-state index in [0.29, 0.717) is 0 Å². The van der Waals surface area contributed by atoms with Gasteiger partial charge in [-0.3, -0.25) is 0 Å². The molecule has 0 aromatic rings. The van der Waals surface area contributed by atoms with Gasteiger partial charge in [-0.05, 0) is 5.28 Å². The van der Waals surface area contributed by atoms with Gasteiger partial charge in [0.25, 0.3) is 0 Å². The molecule has 1 aliphatic heterocycles. The van der Waals surface area contributed by atoms with E-state index in [-0.39, 0.29) is 47.6 Å². The van der Waals surface area contributed by atoms with Crippen molar-refractivity contribution >= 4 is 0 Å². The summed E-state index contributed by atoms with van der Waals surface area (Å²) in [7, 11) is 0. The van der Waals surface area contributed by atoms with Crippen molar-refractivity contribution < 1.29 is 39.6 Å². The van der Waals surface area contributed by atoms with Gasteiger partial charge in [-0.15, -0.1) is 5.01 Å². The summed E-state index contributed by atoms with van der Waals surface area (Å²) in [5, 5.41) is 31.5. The molecular weight excluding hydrogens is 149 g/mol. The fraction of sp³-hybridized carbons (Fsp3) is 1.00. The van der Waals surface area contributed by atoms with Crippen molar-refractivity contribution in [3.8, 4) is 0 Å². The number of hydrogen-bond acceptors (Lipinski definition) is 4. The number of aliphatic hydroxyl groups excluding tert-OH is 1. The zero-order chi connectivity index (χ0) is 6.85. The van der Waals surface area contributed by atoms with Gasteiger partial charge in [0.2, 0.25) is 0 Å². The van der Waals surface area contributed by atoms with E-state index in [4.69, 9.17) is 5.11 Å². The standard InChI is InChI=1S/C3H7N3O3.Na/c7-3-1-5(2-3)6(9)4-8;/h3,7-8H,1-2H2;/q;+1/p-1/b6-4-;. The quantitative estimate of drug-likeness (QED) is 0.181. The summed E-state index contributed by atoms with van der Waals surface area (Å²) in [6, 6.07) is 0. The summed E-state index contributed by atoms with van der Waals surface area (Å²) < 4.78 is 0. The Bertz CT molecular complexity index is 135. The van der Waals surface area contributed by atoms with Crippen LogP contribution in [0.15, 0.2) is 5.28 Å². The molecule has 6 nitrogen and oxygen atoms in total.